The van der Waals surface area contributed by atoms with Crippen molar-refractivity contribution in [3.8, 4) is 5.75 Å². The van der Waals surface area contributed by atoms with Crippen molar-refractivity contribution in [2.24, 2.45) is 0 Å². The number of benzene rings is 1. The molecule has 0 unspecified atom stereocenters. The van der Waals surface area contributed by atoms with Crippen LogP contribution >= 0.6 is 0 Å². The minimum Gasteiger partial charge on any atom is -0.491 e. The third-order valence-corrected chi connectivity index (χ3v) is 2.45. The average molecular weight is 283 g/mol. The van der Waals surface area contributed by atoms with E-state index in [2.05, 4.69) is 10.3 Å². The van der Waals surface area contributed by atoms with Gasteiger partial charge in [0.05, 0.1) is 6.61 Å². The summed E-state index contributed by atoms with van der Waals surface area (Å²) in [6.45, 7) is 2.06. The second-order valence-electron chi connectivity index (χ2n) is 3.89. The van der Waals surface area contributed by atoms with Crippen LogP contribution in [0.4, 0.5) is 30.5 Å². The Kier molecular flexibility index (Phi) is 3.97. The molecule has 0 aliphatic rings. The number of nitrogens with zero attached hydrogens (tertiary/aromatic N) is 1. The summed E-state index contributed by atoms with van der Waals surface area (Å²) in [5.41, 5.74) is 5.49. The molecule has 4 nitrogen and oxygen atoms in total. The van der Waals surface area contributed by atoms with Crippen molar-refractivity contribution in [3.05, 3.63) is 41.7 Å². The molecule has 3 N–H and O–H groups in total. The molecular formula is C13H12F3N3O. The summed E-state index contributed by atoms with van der Waals surface area (Å²) in [5, 5.41) is 2.52. The van der Waals surface area contributed by atoms with Gasteiger partial charge in [-0.1, -0.05) is 0 Å². The second kappa shape index (κ2) is 5.68. The van der Waals surface area contributed by atoms with Gasteiger partial charge in [0.2, 0.25) is 0 Å². The maximum atomic E-state index is 13.6. The van der Waals surface area contributed by atoms with E-state index in [9.17, 15) is 13.2 Å². The van der Waals surface area contributed by atoms with Crippen LogP contribution in [-0.2, 0) is 0 Å². The van der Waals surface area contributed by atoms with Gasteiger partial charge in [0.1, 0.15) is 0 Å². The molecule has 0 saturated carbocycles. The molecule has 0 amide bonds. The van der Waals surface area contributed by atoms with Crippen molar-refractivity contribution in [3.63, 3.8) is 0 Å². The molecule has 7 heteroatoms. The molecule has 1 aromatic carbocycles. The monoisotopic (exact) mass is 283 g/mol. The van der Waals surface area contributed by atoms with E-state index >= 15 is 0 Å². The summed E-state index contributed by atoms with van der Waals surface area (Å²) in [5.74, 6) is -3.12. The van der Waals surface area contributed by atoms with Gasteiger partial charge in [0, 0.05) is 17.8 Å². The fraction of sp³-hybridized carbons (Fsp3) is 0.154. The summed E-state index contributed by atoms with van der Waals surface area (Å²) in [6, 6.07) is 4.60. The van der Waals surface area contributed by atoms with Crippen LogP contribution in [-0.4, -0.2) is 11.6 Å². The van der Waals surface area contributed by atoms with Crippen molar-refractivity contribution < 1.29 is 17.9 Å². The van der Waals surface area contributed by atoms with Crippen molar-refractivity contribution in [1.82, 2.24) is 4.98 Å². The molecular weight excluding hydrogens is 271 g/mol. The lowest BCUT2D eigenvalue weighted by atomic mass is 10.3. The second-order valence-corrected chi connectivity index (χ2v) is 3.89. The Hall–Kier alpha value is -2.44. The zero-order valence-corrected chi connectivity index (χ0v) is 10.6. The Labute approximate surface area is 113 Å². The average Bonchev–Trinajstić information content (AvgIpc) is 2.39. The normalized spacial score (nSPS) is 10.4. The quantitative estimate of drug-likeness (QED) is 0.904. The Balaban J connectivity index is 2.26. The number of nitrogens with one attached hydrogen (secondary N) is 1. The SMILES string of the molecule is CCOc1ccc(Nc2nc(N)c(F)cc2F)cc1F. The zero-order chi connectivity index (χ0) is 14.7. The maximum Gasteiger partial charge on any atom is 0.169 e. The van der Waals surface area contributed by atoms with E-state index in [0.717, 1.165) is 6.07 Å². The van der Waals surface area contributed by atoms with Crippen LogP contribution in [0, 0.1) is 17.5 Å². The lowest BCUT2D eigenvalue weighted by Gasteiger charge is -2.10. The van der Waals surface area contributed by atoms with Gasteiger partial charge in [-0.15, -0.1) is 0 Å². The van der Waals surface area contributed by atoms with E-state index in [1.54, 1.807) is 6.92 Å². The van der Waals surface area contributed by atoms with Crippen LogP contribution in [0.3, 0.4) is 0 Å². The minimum atomic E-state index is -0.953. The predicted octanol–water partition coefficient (Wildman–Crippen LogP) is 3.22. The summed E-state index contributed by atoms with van der Waals surface area (Å²) in [4.78, 5) is 3.52. The number of rotatable bonds is 4. The molecule has 106 valence electrons. The topological polar surface area (TPSA) is 60.2 Å². The predicted molar refractivity (Wildman–Crippen MR) is 69.4 cm³/mol. The molecule has 0 saturated heterocycles. The minimum absolute atomic E-state index is 0.0881. The van der Waals surface area contributed by atoms with Crippen LogP contribution in [0.1, 0.15) is 6.92 Å². The first-order valence-corrected chi connectivity index (χ1v) is 5.82. The van der Waals surface area contributed by atoms with Crippen LogP contribution in [0.25, 0.3) is 0 Å². The largest absolute Gasteiger partial charge is 0.491 e. The number of anilines is 3. The van der Waals surface area contributed by atoms with Gasteiger partial charge >= 0.3 is 0 Å². The van der Waals surface area contributed by atoms with Crippen molar-refractivity contribution >= 4 is 17.3 Å². The highest BCUT2D eigenvalue weighted by Crippen LogP contribution is 2.25. The van der Waals surface area contributed by atoms with Crippen LogP contribution in [0.5, 0.6) is 5.75 Å². The Bertz CT molecular complexity index is 634. The Morgan fingerprint density at radius 3 is 2.55 bits per heavy atom. The molecule has 0 aliphatic heterocycles. The third kappa shape index (κ3) is 2.93. The molecule has 0 aliphatic carbocycles. The molecule has 0 fully saturated rings. The van der Waals surface area contributed by atoms with Gasteiger partial charge in [0.25, 0.3) is 0 Å². The first-order chi connectivity index (χ1) is 9.51. The van der Waals surface area contributed by atoms with Crippen LogP contribution in [0.15, 0.2) is 24.3 Å². The number of ether oxygens (including phenoxy) is 1. The number of hydrogen-bond acceptors (Lipinski definition) is 4. The number of nitrogens with two attached hydrogens (primary N) is 1. The Morgan fingerprint density at radius 2 is 1.90 bits per heavy atom. The first kappa shape index (κ1) is 14.0. The fourth-order valence-corrected chi connectivity index (χ4v) is 1.56. The molecule has 0 radical (unpaired) electrons. The molecule has 0 atom stereocenters. The van der Waals surface area contributed by atoms with E-state index < -0.39 is 23.3 Å². The molecule has 1 heterocycles. The fourth-order valence-electron chi connectivity index (χ4n) is 1.56. The highest BCUT2D eigenvalue weighted by molar-refractivity contribution is 5.59. The van der Waals surface area contributed by atoms with Gasteiger partial charge in [-0.3, -0.25) is 0 Å². The lowest BCUT2D eigenvalue weighted by molar-refractivity contribution is 0.321. The number of aromatic nitrogens is 1. The number of halogens is 3. The van der Waals surface area contributed by atoms with Crippen molar-refractivity contribution in [2.45, 2.75) is 6.92 Å². The lowest BCUT2D eigenvalue weighted by Crippen LogP contribution is -2.03. The molecule has 20 heavy (non-hydrogen) atoms. The maximum absolute atomic E-state index is 13.6. The van der Waals surface area contributed by atoms with Gasteiger partial charge in [-0.25, -0.2) is 18.2 Å². The van der Waals surface area contributed by atoms with E-state index in [0.29, 0.717) is 12.7 Å². The molecule has 0 bridgehead atoms. The smallest absolute Gasteiger partial charge is 0.169 e. The summed E-state index contributed by atoms with van der Waals surface area (Å²) in [6.07, 6.45) is 0. The number of nitrogen functional groups attached to an aromatic ring is 1. The van der Waals surface area contributed by atoms with E-state index in [-0.39, 0.29) is 17.3 Å². The summed E-state index contributed by atoms with van der Waals surface area (Å²) >= 11 is 0. The van der Waals surface area contributed by atoms with E-state index in [1.165, 1.54) is 12.1 Å². The molecule has 0 spiro atoms. The third-order valence-electron chi connectivity index (χ3n) is 2.45. The van der Waals surface area contributed by atoms with Crippen molar-refractivity contribution in [2.75, 3.05) is 17.7 Å². The molecule has 1 aromatic heterocycles. The summed E-state index contributed by atoms with van der Waals surface area (Å²) in [7, 11) is 0. The number of hydrogen-bond donors (Lipinski definition) is 2. The van der Waals surface area contributed by atoms with E-state index in [1.807, 2.05) is 0 Å². The van der Waals surface area contributed by atoms with Gasteiger partial charge in [0.15, 0.2) is 34.8 Å². The van der Waals surface area contributed by atoms with Crippen LogP contribution < -0.4 is 15.8 Å². The van der Waals surface area contributed by atoms with Crippen LogP contribution in [0.2, 0.25) is 0 Å². The summed E-state index contributed by atoms with van der Waals surface area (Å²) < 4.78 is 45.1. The highest BCUT2D eigenvalue weighted by atomic mass is 19.1. The first-order valence-electron chi connectivity index (χ1n) is 5.82. The molecule has 2 rings (SSSR count). The van der Waals surface area contributed by atoms with Gasteiger partial charge in [-0.2, -0.15) is 0 Å². The zero-order valence-electron chi connectivity index (χ0n) is 10.6. The molecule has 2 aromatic rings. The Morgan fingerprint density at radius 1 is 1.15 bits per heavy atom. The van der Waals surface area contributed by atoms with Gasteiger partial charge < -0.3 is 15.8 Å². The van der Waals surface area contributed by atoms with E-state index in [4.69, 9.17) is 10.5 Å². The van der Waals surface area contributed by atoms with Gasteiger partial charge in [-0.05, 0) is 19.1 Å². The van der Waals surface area contributed by atoms with Crippen molar-refractivity contribution in [1.29, 1.82) is 0 Å². The number of pyridine rings is 1. The highest BCUT2D eigenvalue weighted by Gasteiger charge is 2.11. The standard InChI is InChI=1S/C13H12F3N3O/c1-2-20-11-4-3-7(5-8(11)14)18-13-10(16)6-9(15)12(17)19-13/h3-6H,2H2,1H3,(H3,17,18,19).